The number of benzene rings is 3. The van der Waals surface area contributed by atoms with Crippen molar-refractivity contribution < 1.29 is 43.1 Å². The summed E-state index contributed by atoms with van der Waals surface area (Å²) in [5.41, 5.74) is 2.33. The third-order valence-electron chi connectivity index (χ3n) is 9.32. The molecule has 0 saturated carbocycles. The average molecular weight is 705 g/mol. The zero-order valence-corrected chi connectivity index (χ0v) is 29.7. The zero-order valence-electron chi connectivity index (χ0n) is 29.7. The van der Waals surface area contributed by atoms with E-state index in [1.165, 1.54) is 0 Å². The Bertz CT molecular complexity index is 1690. The van der Waals surface area contributed by atoms with Crippen molar-refractivity contribution in [1.82, 2.24) is 9.80 Å². The molecule has 0 aromatic heterocycles. The van der Waals surface area contributed by atoms with Crippen molar-refractivity contribution in [2.45, 2.75) is 64.8 Å². The first-order valence-electron chi connectivity index (χ1n) is 17.6. The van der Waals surface area contributed by atoms with Gasteiger partial charge in [0.1, 0.15) is 5.75 Å². The molecule has 3 amide bonds. The van der Waals surface area contributed by atoms with Crippen LogP contribution in [0.15, 0.2) is 54.6 Å². The Morgan fingerprint density at radius 1 is 0.902 bits per heavy atom. The molecule has 51 heavy (non-hydrogen) atoms. The van der Waals surface area contributed by atoms with Gasteiger partial charge in [-0.05, 0) is 88.2 Å². The van der Waals surface area contributed by atoms with E-state index in [4.69, 9.17) is 28.4 Å². The van der Waals surface area contributed by atoms with E-state index in [1.54, 1.807) is 41.3 Å². The molecule has 4 atom stereocenters. The van der Waals surface area contributed by atoms with Crippen LogP contribution in [0, 0.1) is 5.92 Å². The molecule has 0 spiro atoms. The second-order valence-electron chi connectivity index (χ2n) is 13.5. The minimum Gasteiger partial charge on any atom is -0.490 e. The van der Waals surface area contributed by atoms with Gasteiger partial charge in [0, 0.05) is 49.6 Å². The highest BCUT2D eigenvalue weighted by molar-refractivity contribution is 6.02. The number of hydrogen-bond acceptors (Lipinski definition) is 10. The van der Waals surface area contributed by atoms with Crippen LogP contribution in [-0.2, 0) is 11.3 Å². The van der Waals surface area contributed by atoms with Crippen LogP contribution in [0.4, 0.5) is 16.2 Å². The van der Waals surface area contributed by atoms with E-state index in [-0.39, 0.29) is 44.2 Å². The summed E-state index contributed by atoms with van der Waals surface area (Å²) in [6.07, 6.45) is 2.18. The first kappa shape index (κ1) is 36.1. The molecule has 3 aromatic rings. The molecule has 0 aliphatic carbocycles. The van der Waals surface area contributed by atoms with E-state index in [0.717, 1.165) is 36.3 Å². The predicted molar refractivity (Wildman–Crippen MR) is 191 cm³/mol. The van der Waals surface area contributed by atoms with Crippen LogP contribution in [0.5, 0.6) is 28.7 Å². The summed E-state index contributed by atoms with van der Waals surface area (Å²) in [6.45, 7) is 8.25. The maximum Gasteiger partial charge on any atom is 0.323 e. The van der Waals surface area contributed by atoms with E-state index < -0.39 is 12.1 Å². The minimum atomic E-state index is -0.490. The smallest absolute Gasteiger partial charge is 0.323 e. The van der Waals surface area contributed by atoms with Crippen molar-refractivity contribution in [1.29, 1.82) is 0 Å². The highest BCUT2D eigenvalue weighted by atomic mass is 16.7. The van der Waals surface area contributed by atoms with Crippen LogP contribution in [0.2, 0.25) is 0 Å². The maximum atomic E-state index is 14.5. The number of aliphatic hydroxyl groups is 1. The third kappa shape index (κ3) is 9.15. The quantitative estimate of drug-likeness (QED) is 0.267. The second kappa shape index (κ2) is 16.5. The highest BCUT2D eigenvalue weighted by Gasteiger charge is 2.31. The van der Waals surface area contributed by atoms with E-state index in [1.807, 2.05) is 32.0 Å². The van der Waals surface area contributed by atoms with Crippen LogP contribution >= 0.6 is 0 Å². The molecule has 0 unspecified atom stereocenters. The minimum absolute atomic E-state index is 0.0813. The summed E-state index contributed by atoms with van der Waals surface area (Å²) in [7, 11) is 2.05. The Morgan fingerprint density at radius 3 is 2.27 bits per heavy atom. The van der Waals surface area contributed by atoms with E-state index in [0.29, 0.717) is 60.4 Å². The van der Waals surface area contributed by atoms with Gasteiger partial charge in [-0.2, -0.15) is 0 Å². The molecule has 0 saturated heterocycles. The molecule has 3 aliphatic rings. The third-order valence-corrected chi connectivity index (χ3v) is 9.32. The van der Waals surface area contributed by atoms with Crippen molar-refractivity contribution >= 4 is 23.3 Å². The molecule has 0 bridgehead atoms. The Balaban J connectivity index is 1.20. The number of carbonyl (C=O) groups is 2. The predicted octanol–water partition coefficient (Wildman–Crippen LogP) is 5.72. The van der Waals surface area contributed by atoms with Crippen molar-refractivity contribution in [3.05, 3.63) is 65.7 Å². The number of hydrogen-bond donors (Lipinski definition) is 3. The second-order valence-corrected chi connectivity index (χ2v) is 13.5. The molecule has 0 radical (unpaired) electrons. The molecule has 3 aliphatic heterocycles. The summed E-state index contributed by atoms with van der Waals surface area (Å²) in [5, 5.41) is 15.9. The number of nitrogens with zero attached hydrogens (tertiary/aromatic N) is 2. The van der Waals surface area contributed by atoms with E-state index >= 15 is 0 Å². The van der Waals surface area contributed by atoms with Crippen molar-refractivity contribution in [2.24, 2.45) is 5.92 Å². The molecule has 13 heteroatoms. The van der Waals surface area contributed by atoms with Gasteiger partial charge >= 0.3 is 6.03 Å². The average Bonchev–Trinajstić information content (AvgIpc) is 3.78. The fourth-order valence-corrected chi connectivity index (χ4v) is 6.45. The molecule has 3 N–H and O–H groups in total. The van der Waals surface area contributed by atoms with Gasteiger partial charge in [-0.1, -0.05) is 13.0 Å². The number of fused-ring (bicyclic) bond motifs is 3. The van der Waals surface area contributed by atoms with Crippen LogP contribution in [0.1, 0.15) is 56.0 Å². The van der Waals surface area contributed by atoms with Gasteiger partial charge in [0.2, 0.25) is 13.6 Å². The fraction of sp³-hybridized carbons (Fsp3) is 0.474. The highest BCUT2D eigenvalue weighted by Crippen LogP contribution is 2.35. The van der Waals surface area contributed by atoms with Gasteiger partial charge < -0.3 is 49.1 Å². The summed E-state index contributed by atoms with van der Waals surface area (Å²) < 4.78 is 34.7. The van der Waals surface area contributed by atoms with E-state index in [2.05, 4.69) is 29.5 Å². The molecule has 3 heterocycles. The van der Waals surface area contributed by atoms with Crippen LogP contribution in [0.3, 0.4) is 0 Å². The SMILES string of the molecule is C[C@@H]1CCCCO[C@@H](CN(C)Cc2ccc3c(c2)OCO3)[C@@H](C)CN([C@H](C)CO)C(=O)c2cc(NC(=O)Nc3ccc4c(c3)OCO4)ccc2O1. The van der Waals surface area contributed by atoms with Crippen molar-refractivity contribution in [3.8, 4) is 28.7 Å². The Labute approximate surface area is 298 Å². The number of nitrogens with one attached hydrogen (secondary N) is 2. The lowest BCUT2D eigenvalue weighted by Gasteiger charge is -2.36. The van der Waals surface area contributed by atoms with Crippen LogP contribution < -0.4 is 34.3 Å². The number of aliphatic hydroxyl groups excluding tert-OH is 1. The van der Waals surface area contributed by atoms with Gasteiger partial charge in [-0.15, -0.1) is 0 Å². The summed E-state index contributed by atoms with van der Waals surface area (Å²) in [6, 6.07) is 15.2. The zero-order chi connectivity index (χ0) is 35.9. The van der Waals surface area contributed by atoms with Gasteiger partial charge in [0.25, 0.3) is 5.91 Å². The number of urea groups is 1. The van der Waals surface area contributed by atoms with Gasteiger partial charge in [-0.25, -0.2) is 4.79 Å². The lowest BCUT2D eigenvalue weighted by molar-refractivity contribution is -0.0177. The molecule has 3 aromatic carbocycles. The lowest BCUT2D eigenvalue weighted by Crippen LogP contribution is -2.47. The molecular formula is C38H48N4O9. The maximum absolute atomic E-state index is 14.5. The summed E-state index contributed by atoms with van der Waals surface area (Å²) in [5.74, 6) is 2.69. The van der Waals surface area contributed by atoms with E-state index in [9.17, 15) is 14.7 Å². The normalized spacial score (nSPS) is 21.0. The lowest BCUT2D eigenvalue weighted by atomic mass is 10.0. The summed E-state index contributed by atoms with van der Waals surface area (Å²) in [4.78, 5) is 31.4. The van der Waals surface area contributed by atoms with Gasteiger partial charge in [-0.3, -0.25) is 9.69 Å². The fourth-order valence-electron chi connectivity index (χ4n) is 6.45. The number of ether oxygens (including phenoxy) is 6. The van der Waals surface area contributed by atoms with Crippen LogP contribution in [0.25, 0.3) is 0 Å². The number of carbonyl (C=O) groups excluding carboxylic acids is 2. The van der Waals surface area contributed by atoms with Gasteiger partial charge in [0.05, 0.1) is 30.4 Å². The molecule has 13 nitrogen and oxygen atoms in total. The molecule has 6 rings (SSSR count). The number of anilines is 2. The molecule has 274 valence electrons. The molecular weight excluding hydrogens is 656 g/mol. The monoisotopic (exact) mass is 704 g/mol. The van der Waals surface area contributed by atoms with Crippen molar-refractivity contribution in [2.75, 3.05) is 57.6 Å². The number of likely N-dealkylation sites (N-methyl/N-ethyl adjacent to an activating group) is 1. The molecule has 0 fully saturated rings. The largest absolute Gasteiger partial charge is 0.490 e. The topological polar surface area (TPSA) is 140 Å². The Morgan fingerprint density at radius 2 is 1.55 bits per heavy atom. The first-order valence-corrected chi connectivity index (χ1v) is 17.6. The number of rotatable bonds is 8. The van der Waals surface area contributed by atoms with Crippen molar-refractivity contribution in [3.63, 3.8) is 0 Å². The Hall–Kier alpha value is -4.72. The van der Waals surface area contributed by atoms with Crippen LogP contribution in [-0.4, -0.2) is 92.0 Å². The Kier molecular flexibility index (Phi) is 11.7. The van der Waals surface area contributed by atoms with Gasteiger partial charge in [0.15, 0.2) is 23.0 Å². The number of amides is 3. The summed E-state index contributed by atoms with van der Waals surface area (Å²) >= 11 is 0. The first-order chi connectivity index (χ1) is 24.7. The standard InChI is InChI=1S/C38H48N4O9/c1-24-18-42(25(2)21-43)37(44)30-16-28(39-38(45)40-29-10-13-33-35(17-29)50-23-48-33)9-12-31(30)51-26(3)7-5-6-14-46-36(24)20-41(4)19-27-8-11-32-34(15-27)49-22-47-32/h8-13,15-17,24-26,36,43H,5-7,14,18-23H2,1-4H3,(H2,39,40,45)/t24-,25+,26+,36-/m0/s1.